The van der Waals surface area contributed by atoms with Crippen LogP contribution < -0.4 is 10.9 Å². The zero-order valence-corrected chi connectivity index (χ0v) is 19.5. The molecule has 1 aromatic carbocycles. The topological polar surface area (TPSA) is 73.2 Å². The highest BCUT2D eigenvalue weighted by Crippen LogP contribution is 2.24. The summed E-state index contributed by atoms with van der Waals surface area (Å²) < 4.78 is 7.23. The first kappa shape index (κ1) is 23.7. The van der Waals surface area contributed by atoms with Gasteiger partial charge in [-0.2, -0.15) is 0 Å². The number of hydrogen-bond acceptors (Lipinski definition) is 5. The van der Waals surface area contributed by atoms with E-state index in [1.807, 2.05) is 41.5 Å². The second-order valence-electron chi connectivity index (χ2n) is 8.29. The molecule has 29 heavy (non-hydrogen) atoms. The number of ether oxygens (including phenoxy) is 1. The van der Waals surface area contributed by atoms with Crippen molar-refractivity contribution >= 4 is 40.2 Å². The normalized spacial score (nSPS) is 13.1. The van der Waals surface area contributed by atoms with Crippen molar-refractivity contribution in [1.29, 1.82) is 0 Å². The quantitative estimate of drug-likeness (QED) is 0.378. The fraction of sp³-hybridized carbons (Fsp3) is 0.571. The van der Waals surface area contributed by atoms with Gasteiger partial charge >= 0.3 is 0 Å². The molecule has 0 spiro atoms. The lowest BCUT2D eigenvalue weighted by atomic mass is 10.1. The highest BCUT2D eigenvalue weighted by atomic mass is 35.5. The molecule has 0 radical (unpaired) electrons. The maximum absolute atomic E-state index is 13.1. The van der Waals surface area contributed by atoms with Crippen molar-refractivity contribution < 1.29 is 9.53 Å². The predicted octanol–water partition coefficient (Wildman–Crippen LogP) is 4.26. The summed E-state index contributed by atoms with van der Waals surface area (Å²) in [5, 5.41) is 4.09. The van der Waals surface area contributed by atoms with Crippen molar-refractivity contribution in [3.05, 3.63) is 33.6 Å². The Morgan fingerprint density at radius 3 is 2.62 bits per heavy atom. The van der Waals surface area contributed by atoms with Crippen molar-refractivity contribution in [2.45, 2.75) is 76.6 Å². The average molecular weight is 440 g/mol. The van der Waals surface area contributed by atoms with E-state index in [1.165, 1.54) is 11.8 Å². The van der Waals surface area contributed by atoms with E-state index in [0.717, 1.165) is 0 Å². The van der Waals surface area contributed by atoms with Crippen LogP contribution in [0, 0.1) is 0 Å². The van der Waals surface area contributed by atoms with Crippen LogP contribution in [0.1, 0.15) is 48.0 Å². The van der Waals surface area contributed by atoms with Crippen molar-refractivity contribution in [1.82, 2.24) is 14.9 Å². The zero-order valence-electron chi connectivity index (χ0n) is 17.9. The van der Waals surface area contributed by atoms with E-state index in [-0.39, 0.29) is 23.1 Å². The lowest BCUT2D eigenvalue weighted by Gasteiger charge is -2.23. The number of thioether (sulfide) groups is 1. The van der Waals surface area contributed by atoms with Gasteiger partial charge in [0.15, 0.2) is 5.16 Å². The molecular weight excluding hydrogens is 410 g/mol. The van der Waals surface area contributed by atoms with E-state index >= 15 is 0 Å². The molecule has 0 aliphatic heterocycles. The number of carbonyl (C=O) groups is 1. The van der Waals surface area contributed by atoms with Crippen molar-refractivity contribution in [2.24, 2.45) is 0 Å². The van der Waals surface area contributed by atoms with Gasteiger partial charge in [0.1, 0.15) is 0 Å². The number of amides is 1. The van der Waals surface area contributed by atoms with E-state index in [4.69, 9.17) is 16.3 Å². The van der Waals surface area contributed by atoms with Crippen molar-refractivity contribution in [2.75, 3.05) is 6.61 Å². The number of fused-ring (bicyclic) bond motifs is 1. The highest BCUT2D eigenvalue weighted by Gasteiger charge is 2.23. The molecule has 0 aliphatic rings. The molecule has 0 aliphatic carbocycles. The van der Waals surface area contributed by atoms with Gasteiger partial charge in [0.05, 0.1) is 22.3 Å². The molecular formula is C21H30ClN3O3S. The van der Waals surface area contributed by atoms with E-state index < -0.39 is 5.25 Å². The lowest BCUT2D eigenvalue weighted by molar-refractivity contribution is -0.121. The van der Waals surface area contributed by atoms with E-state index in [1.54, 1.807) is 22.8 Å². The summed E-state index contributed by atoms with van der Waals surface area (Å²) in [5.74, 6) is -0.0994. The third kappa shape index (κ3) is 7.01. The first-order valence-electron chi connectivity index (χ1n) is 9.78. The number of rotatable bonds is 8. The monoisotopic (exact) mass is 439 g/mol. The van der Waals surface area contributed by atoms with Gasteiger partial charge in [-0.1, -0.05) is 23.4 Å². The third-order valence-corrected chi connectivity index (χ3v) is 5.33. The van der Waals surface area contributed by atoms with E-state index in [0.29, 0.717) is 40.7 Å². The van der Waals surface area contributed by atoms with Gasteiger partial charge in [-0.05, 0) is 66.2 Å². The number of aromatic nitrogens is 2. The molecule has 1 aromatic heterocycles. The minimum atomic E-state index is -0.407. The summed E-state index contributed by atoms with van der Waals surface area (Å²) >= 11 is 7.36. The van der Waals surface area contributed by atoms with Gasteiger partial charge in [-0.25, -0.2) is 4.98 Å². The van der Waals surface area contributed by atoms with Gasteiger partial charge in [-0.3, -0.25) is 14.2 Å². The SMILES string of the molecule is CC(C)OCCCn1c(SC(C)C(=O)NC(C)(C)C)nc2cc(Cl)ccc2c1=O. The molecule has 1 atom stereocenters. The molecule has 1 N–H and O–H groups in total. The molecule has 8 heteroatoms. The standard InChI is InChI=1S/C21H30ClN3O3S/c1-13(2)28-11-7-10-25-19(27)16-9-8-15(22)12-17(16)23-20(25)29-14(3)18(26)24-21(4,5)6/h8-9,12-14H,7,10-11H2,1-6H3,(H,24,26). The third-order valence-electron chi connectivity index (χ3n) is 4.01. The van der Waals surface area contributed by atoms with Crippen LogP contribution in [0.3, 0.4) is 0 Å². The molecule has 1 unspecified atom stereocenters. The molecule has 2 aromatic rings. The number of nitrogens with zero attached hydrogens (tertiary/aromatic N) is 2. The summed E-state index contributed by atoms with van der Waals surface area (Å²) in [6.45, 7) is 12.6. The minimum Gasteiger partial charge on any atom is -0.379 e. The summed E-state index contributed by atoms with van der Waals surface area (Å²) in [6.07, 6.45) is 0.813. The van der Waals surface area contributed by atoms with Crippen LogP contribution in [0.25, 0.3) is 10.9 Å². The van der Waals surface area contributed by atoms with E-state index in [2.05, 4.69) is 10.3 Å². The maximum Gasteiger partial charge on any atom is 0.262 e. The van der Waals surface area contributed by atoms with Gasteiger partial charge in [-0.15, -0.1) is 0 Å². The molecule has 0 bridgehead atoms. The molecule has 6 nitrogen and oxygen atoms in total. The molecule has 2 rings (SSSR count). The number of halogens is 1. The van der Waals surface area contributed by atoms with E-state index in [9.17, 15) is 9.59 Å². The van der Waals surface area contributed by atoms with Crippen LogP contribution in [-0.2, 0) is 16.1 Å². The number of carbonyl (C=O) groups excluding carboxylic acids is 1. The Morgan fingerprint density at radius 2 is 2.00 bits per heavy atom. The van der Waals surface area contributed by atoms with Gasteiger partial charge < -0.3 is 10.1 Å². The predicted molar refractivity (Wildman–Crippen MR) is 120 cm³/mol. The first-order valence-corrected chi connectivity index (χ1v) is 11.0. The highest BCUT2D eigenvalue weighted by molar-refractivity contribution is 8.00. The van der Waals surface area contributed by atoms with Crippen LogP contribution in [-0.4, -0.2) is 39.0 Å². The zero-order chi connectivity index (χ0) is 21.8. The lowest BCUT2D eigenvalue weighted by Crippen LogP contribution is -2.44. The molecule has 160 valence electrons. The Labute approximate surface area is 181 Å². The summed E-state index contributed by atoms with van der Waals surface area (Å²) in [5.41, 5.74) is 0.0645. The van der Waals surface area contributed by atoms with Gasteiger partial charge in [0.2, 0.25) is 5.91 Å². The Kier molecular flexibility index (Phi) is 8.14. The number of benzene rings is 1. The number of hydrogen-bond donors (Lipinski definition) is 1. The van der Waals surface area contributed by atoms with Crippen molar-refractivity contribution in [3.63, 3.8) is 0 Å². The van der Waals surface area contributed by atoms with Crippen LogP contribution in [0.15, 0.2) is 28.2 Å². The average Bonchev–Trinajstić information content (AvgIpc) is 2.58. The molecule has 1 amide bonds. The smallest absolute Gasteiger partial charge is 0.262 e. The van der Waals surface area contributed by atoms with Crippen molar-refractivity contribution in [3.8, 4) is 0 Å². The molecule has 0 fully saturated rings. The maximum atomic E-state index is 13.1. The van der Waals surface area contributed by atoms with Gasteiger partial charge in [0, 0.05) is 23.7 Å². The van der Waals surface area contributed by atoms with Crippen LogP contribution in [0.4, 0.5) is 0 Å². The second-order valence-corrected chi connectivity index (χ2v) is 10.0. The van der Waals surface area contributed by atoms with Crippen LogP contribution in [0.2, 0.25) is 5.02 Å². The minimum absolute atomic E-state index is 0.0994. The molecule has 0 saturated carbocycles. The first-order chi connectivity index (χ1) is 13.5. The summed E-state index contributed by atoms with van der Waals surface area (Å²) in [7, 11) is 0. The Bertz CT molecular complexity index is 922. The Balaban J connectivity index is 2.35. The molecule has 0 saturated heterocycles. The molecule has 1 heterocycles. The van der Waals surface area contributed by atoms with Crippen LogP contribution in [0.5, 0.6) is 0 Å². The Hall–Kier alpha value is -1.57. The Morgan fingerprint density at radius 1 is 1.31 bits per heavy atom. The fourth-order valence-electron chi connectivity index (χ4n) is 2.69. The summed E-state index contributed by atoms with van der Waals surface area (Å²) in [4.78, 5) is 30.3. The van der Waals surface area contributed by atoms with Gasteiger partial charge in [0.25, 0.3) is 5.56 Å². The number of nitrogens with one attached hydrogen (secondary N) is 1. The second kappa shape index (κ2) is 9.96. The van der Waals surface area contributed by atoms with Crippen LogP contribution >= 0.6 is 23.4 Å². The largest absolute Gasteiger partial charge is 0.379 e. The summed E-state index contributed by atoms with van der Waals surface area (Å²) in [6, 6.07) is 5.05. The fourth-order valence-corrected chi connectivity index (χ4v) is 3.79.